The second kappa shape index (κ2) is 11.4. The third-order valence-corrected chi connectivity index (χ3v) is 6.00. The number of aromatic nitrogens is 2. The normalized spacial score (nSPS) is 13.0. The Morgan fingerprint density at radius 1 is 1.12 bits per heavy atom. The number of ether oxygens (including phenoxy) is 1. The molecule has 0 saturated carbocycles. The minimum atomic E-state index is -0.596. The molecule has 3 aromatic rings. The summed E-state index contributed by atoms with van der Waals surface area (Å²) in [5.41, 5.74) is 1.65. The fourth-order valence-corrected chi connectivity index (χ4v) is 4.73. The van der Waals surface area contributed by atoms with Crippen molar-refractivity contribution in [1.82, 2.24) is 14.9 Å². The minimum Gasteiger partial charge on any atom is -0.389 e. The van der Waals surface area contributed by atoms with Gasteiger partial charge in [-0.15, -0.1) is 11.3 Å². The first-order chi connectivity index (χ1) is 15.2. The summed E-state index contributed by atoms with van der Waals surface area (Å²) in [7, 11) is 0. The molecule has 1 aromatic carbocycles. The molecule has 0 bridgehead atoms. The maximum Gasteiger partial charge on any atom is 0.260 e. The third-order valence-electron chi connectivity index (χ3n) is 4.88. The van der Waals surface area contributed by atoms with Crippen molar-refractivity contribution < 1.29 is 9.84 Å². The number of thiophene rings is 1. The summed E-state index contributed by atoms with van der Waals surface area (Å²) >= 11 is 7.46. The Labute approximate surface area is 198 Å². The molecule has 174 valence electrons. The lowest BCUT2D eigenvalue weighted by molar-refractivity contribution is 0.00485. The van der Waals surface area contributed by atoms with Gasteiger partial charge in [-0.05, 0) is 29.5 Å². The van der Waals surface area contributed by atoms with Crippen LogP contribution < -0.4 is 5.56 Å². The van der Waals surface area contributed by atoms with E-state index in [1.807, 2.05) is 29.6 Å². The van der Waals surface area contributed by atoms with Gasteiger partial charge in [-0.3, -0.25) is 9.69 Å². The van der Waals surface area contributed by atoms with Gasteiger partial charge in [0.2, 0.25) is 0 Å². The van der Waals surface area contributed by atoms with Crippen molar-refractivity contribution in [3.05, 3.63) is 50.8 Å². The predicted molar refractivity (Wildman–Crippen MR) is 132 cm³/mol. The molecule has 3 rings (SSSR count). The highest BCUT2D eigenvalue weighted by Crippen LogP contribution is 2.31. The molecule has 0 amide bonds. The number of aliphatic hydroxyl groups is 1. The number of benzene rings is 1. The molecule has 0 aliphatic carbocycles. The summed E-state index contributed by atoms with van der Waals surface area (Å²) in [6.07, 6.45) is -0.596. The van der Waals surface area contributed by atoms with Crippen molar-refractivity contribution in [3.8, 4) is 11.1 Å². The third kappa shape index (κ3) is 6.86. The Kier molecular flexibility index (Phi) is 8.85. The van der Waals surface area contributed by atoms with E-state index in [4.69, 9.17) is 21.3 Å². The summed E-state index contributed by atoms with van der Waals surface area (Å²) in [4.78, 5) is 23.4. The van der Waals surface area contributed by atoms with E-state index in [-0.39, 0.29) is 5.56 Å². The van der Waals surface area contributed by atoms with Crippen molar-refractivity contribution in [2.24, 2.45) is 11.8 Å². The minimum absolute atomic E-state index is 0.151. The van der Waals surface area contributed by atoms with E-state index < -0.39 is 6.10 Å². The smallest absolute Gasteiger partial charge is 0.260 e. The quantitative estimate of drug-likeness (QED) is 0.415. The predicted octanol–water partition coefficient (Wildman–Crippen LogP) is 4.80. The molecule has 0 radical (unpaired) electrons. The molecule has 0 aliphatic heterocycles. The molecule has 2 aromatic heterocycles. The van der Waals surface area contributed by atoms with Gasteiger partial charge >= 0.3 is 0 Å². The summed E-state index contributed by atoms with van der Waals surface area (Å²) in [6.45, 7) is 11.0. The van der Waals surface area contributed by atoms with Crippen molar-refractivity contribution in [2.45, 2.75) is 40.3 Å². The average Bonchev–Trinajstić information content (AvgIpc) is 3.12. The molecule has 6 nitrogen and oxygen atoms in total. The van der Waals surface area contributed by atoms with Crippen LogP contribution in [0.25, 0.3) is 21.3 Å². The van der Waals surface area contributed by atoms with Gasteiger partial charge in [0.25, 0.3) is 5.56 Å². The second-order valence-electron chi connectivity index (χ2n) is 9.02. The molecule has 0 aliphatic rings. The number of aromatic amines is 1. The molecule has 8 heteroatoms. The Morgan fingerprint density at radius 2 is 1.84 bits per heavy atom. The van der Waals surface area contributed by atoms with Gasteiger partial charge in [-0.1, -0.05) is 51.4 Å². The van der Waals surface area contributed by atoms with Crippen LogP contribution in [0.5, 0.6) is 0 Å². The molecule has 2 heterocycles. The standard InChI is InChI=1S/C24H32ClN3O3S/c1-15(2)9-28(10-19(29)13-31-12-16(3)4)11-21-26-23(30)22-20(14-32-24(22)27-21)17-5-7-18(25)8-6-17/h5-8,14-16,19,29H,9-13H2,1-4H3,(H,26,27,30). The van der Waals surface area contributed by atoms with Crippen molar-refractivity contribution in [1.29, 1.82) is 0 Å². The molecule has 0 saturated heterocycles. The van der Waals surface area contributed by atoms with E-state index in [9.17, 15) is 9.90 Å². The number of rotatable bonds is 11. The van der Waals surface area contributed by atoms with Crippen molar-refractivity contribution in [3.63, 3.8) is 0 Å². The van der Waals surface area contributed by atoms with Crippen molar-refractivity contribution in [2.75, 3.05) is 26.3 Å². The number of hydrogen-bond acceptors (Lipinski definition) is 6. The zero-order valence-corrected chi connectivity index (χ0v) is 20.7. The largest absolute Gasteiger partial charge is 0.389 e. The second-order valence-corrected chi connectivity index (χ2v) is 10.3. The van der Waals surface area contributed by atoms with Gasteiger partial charge in [0.15, 0.2) is 0 Å². The first-order valence-corrected chi connectivity index (χ1v) is 12.2. The number of nitrogens with zero attached hydrogens (tertiary/aromatic N) is 2. The zero-order valence-electron chi connectivity index (χ0n) is 19.1. The van der Waals surface area contributed by atoms with Crippen LogP contribution in [-0.2, 0) is 11.3 Å². The summed E-state index contributed by atoms with van der Waals surface area (Å²) in [6, 6.07) is 7.45. The Hall–Kier alpha value is -1.77. The van der Waals surface area contributed by atoms with E-state index in [0.29, 0.717) is 59.2 Å². The molecule has 2 N–H and O–H groups in total. The number of fused-ring (bicyclic) bond motifs is 1. The molecule has 1 atom stereocenters. The van der Waals surface area contributed by atoms with Gasteiger partial charge in [0.1, 0.15) is 10.7 Å². The number of halogens is 1. The lowest BCUT2D eigenvalue weighted by Crippen LogP contribution is -2.37. The van der Waals surface area contributed by atoms with E-state index >= 15 is 0 Å². The Balaban J connectivity index is 1.78. The summed E-state index contributed by atoms with van der Waals surface area (Å²) < 4.78 is 5.59. The maximum absolute atomic E-state index is 12.9. The summed E-state index contributed by atoms with van der Waals surface area (Å²) in [5, 5.41) is 13.6. The first kappa shape index (κ1) is 24.9. The van der Waals surface area contributed by atoms with Crippen LogP contribution in [-0.4, -0.2) is 52.4 Å². The van der Waals surface area contributed by atoms with Crippen LogP contribution in [0.15, 0.2) is 34.4 Å². The number of H-pyrrole nitrogens is 1. The van der Waals surface area contributed by atoms with Crippen LogP contribution in [0.3, 0.4) is 0 Å². The van der Waals surface area contributed by atoms with Crippen molar-refractivity contribution >= 4 is 33.2 Å². The number of aliphatic hydroxyl groups excluding tert-OH is 1. The molecule has 1 unspecified atom stereocenters. The van der Waals surface area contributed by atoms with Crippen LogP contribution >= 0.6 is 22.9 Å². The van der Waals surface area contributed by atoms with E-state index in [0.717, 1.165) is 17.7 Å². The van der Waals surface area contributed by atoms with Gasteiger partial charge in [0, 0.05) is 35.7 Å². The highest BCUT2D eigenvalue weighted by atomic mass is 35.5. The van der Waals surface area contributed by atoms with Crippen LogP contribution in [0.4, 0.5) is 0 Å². The SMILES string of the molecule is CC(C)COCC(O)CN(Cc1nc2scc(-c3ccc(Cl)cc3)c2c(=O)[nH]1)CC(C)C. The van der Waals surface area contributed by atoms with Crippen LogP contribution in [0, 0.1) is 11.8 Å². The van der Waals surface area contributed by atoms with Gasteiger partial charge in [-0.25, -0.2) is 4.98 Å². The molecule has 0 spiro atoms. The zero-order chi connectivity index (χ0) is 23.3. The number of nitrogens with one attached hydrogen (secondary N) is 1. The lowest BCUT2D eigenvalue weighted by Gasteiger charge is -2.26. The van der Waals surface area contributed by atoms with Crippen LogP contribution in [0.2, 0.25) is 5.02 Å². The Bertz CT molecular complexity index is 1060. The summed E-state index contributed by atoms with van der Waals surface area (Å²) in [5.74, 6) is 1.44. The topological polar surface area (TPSA) is 78.5 Å². The molecule has 32 heavy (non-hydrogen) atoms. The average molecular weight is 478 g/mol. The fraction of sp³-hybridized carbons (Fsp3) is 0.500. The van der Waals surface area contributed by atoms with Gasteiger partial charge < -0.3 is 14.8 Å². The van der Waals surface area contributed by atoms with Crippen LogP contribution in [0.1, 0.15) is 33.5 Å². The van der Waals surface area contributed by atoms with E-state index in [2.05, 4.69) is 37.6 Å². The van der Waals surface area contributed by atoms with Gasteiger partial charge in [-0.2, -0.15) is 0 Å². The molecular formula is C24H32ClN3O3S. The van der Waals surface area contributed by atoms with E-state index in [1.165, 1.54) is 11.3 Å². The fourth-order valence-electron chi connectivity index (χ4n) is 3.63. The molecule has 0 fully saturated rings. The maximum atomic E-state index is 12.9. The molecular weight excluding hydrogens is 446 g/mol. The van der Waals surface area contributed by atoms with E-state index in [1.54, 1.807) is 0 Å². The highest BCUT2D eigenvalue weighted by molar-refractivity contribution is 7.17. The lowest BCUT2D eigenvalue weighted by atomic mass is 10.1. The Morgan fingerprint density at radius 3 is 2.50 bits per heavy atom. The first-order valence-electron chi connectivity index (χ1n) is 11.0. The van der Waals surface area contributed by atoms with Gasteiger partial charge in [0.05, 0.1) is 24.6 Å². The highest BCUT2D eigenvalue weighted by Gasteiger charge is 2.18. The monoisotopic (exact) mass is 477 g/mol. The number of hydrogen-bond donors (Lipinski definition) is 2.